The molecule has 0 saturated carbocycles. The van der Waals surface area contributed by atoms with E-state index in [0.29, 0.717) is 4.48 Å². The lowest BCUT2D eigenvalue weighted by Gasteiger charge is -2.33. The number of aryl methyl sites for hydroxylation is 2. The Kier molecular flexibility index (Phi) is 5.40. The van der Waals surface area contributed by atoms with Gasteiger partial charge in [0.2, 0.25) is 11.4 Å². The van der Waals surface area contributed by atoms with E-state index < -0.39 is 0 Å². The Hall–Kier alpha value is -4.27. The van der Waals surface area contributed by atoms with Gasteiger partial charge in [0.1, 0.15) is 18.4 Å². The third-order valence-corrected chi connectivity index (χ3v) is 7.56. The third kappa shape index (κ3) is 3.42. The predicted octanol–water partition coefficient (Wildman–Crippen LogP) is 8.39. The molecule has 0 saturated heterocycles. The maximum absolute atomic E-state index is 2.39. The Bertz CT molecular complexity index is 1660. The van der Waals surface area contributed by atoms with Crippen molar-refractivity contribution in [3.8, 4) is 11.3 Å². The van der Waals surface area contributed by atoms with E-state index in [4.69, 9.17) is 0 Å². The fraction of sp³-hybridized carbons (Fsp3) is 0.0882. The first-order chi connectivity index (χ1) is 17.6. The average Bonchev–Trinajstić information content (AvgIpc) is 2.93. The van der Waals surface area contributed by atoms with Crippen molar-refractivity contribution in [2.24, 2.45) is 7.05 Å². The van der Waals surface area contributed by atoms with Crippen molar-refractivity contribution in [3.05, 3.63) is 133 Å². The number of benzene rings is 5. The Morgan fingerprint density at radius 1 is 0.583 bits per heavy atom. The van der Waals surface area contributed by atoms with Crippen LogP contribution in [0.25, 0.3) is 32.9 Å². The number of hydrogen-bond acceptors (Lipinski definition) is 0. The molecule has 0 N–H and O–H groups in total. The molecule has 0 aliphatic carbocycles. The number of fused-ring (bicyclic) bond motifs is 2. The molecule has 0 unspecified atom stereocenters. The fourth-order valence-electron chi connectivity index (χ4n) is 5.66. The van der Waals surface area contributed by atoms with Crippen LogP contribution in [0.2, 0.25) is 0 Å². The average molecular weight is 467 g/mol. The summed E-state index contributed by atoms with van der Waals surface area (Å²) in [5, 5.41) is 3.75. The smallest absolute Gasteiger partial charge is 0.223 e. The molecular formula is C34H30N2+2. The van der Waals surface area contributed by atoms with Gasteiger partial charge in [0.05, 0.1) is 17.8 Å². The zero-order chi connectivity index (χ0) is 24.7. The van der Waals surface area contributed by atoms with Crippen LogP contribution in [0.3, 0.4) is 0 Å². The SMILES string of the molecule is Cc1ccccc1-c1ccc2cc3ccccc3c([N+](C)(c3ccccc3)c3ccccc3)c2[n+]1C. The molecule has 0 atom stereocenters. The van der Waals surface area contributed by atoms with Crippen molar-refractivity contribution in [1.82, 2.24) is 4.48 Å². The molecule has 36 heavy (non-hydrogen) atoms. The summed E-state index contributed by atoms with van der Waals surface area (Å²) in [5.41, 5.74) is 8.71. The molecule has 6 rings (SSSR count). The van der Waals surface area contributed by atoms with Gasteiger partial charge in [-0.2, -0.15) is 4.57 Å². The van der Waals surface area contributed by atoms with Crippen molar-refractivity contribution >= 4 is 38.7 Å². The highest BCUT2D eigenvalue weighted by molar-refractivity contribution is 6.10. The minimum atomic E-state index is 0.560. The number of rotatable bonds is 4. The highest BCUT2D eigenvalue weighted by Crippen LogP contribution is 2.48. The van der Waals surface area contributed by atoms with Crippen molar-refractivity contribution in [2.45, 2.75) is 6.92 Å². The first kappa shape index (κ1) is 22.2. The van der Waals surface area contributed by atoms with Gasteiger partial charge in [-0.15, -0.1) is 0 Å². The fourth-order valence-corrected chi connectivity index (χ4v) is 5.66. The molecule has 6 aromatic rings. The molecule has 0 radical (unpaired) electrons. The summed E-state index contributed by atoms with van der Waals surface area (Å²) in [6.07, 6.45) is 0. The van der Waals surface area contributed by atoms with Gasteiger partial charge in [-0.25, -0.2) is 4.48 Å². The number of para-hydroxylation sites is 2. The first-order valence-corrected chi connectivity index (χ1v) is 12.5. The lowest BCUT2D eigenvalue weighted by atomic mass is 9.98. The second-order valence-corrected chi connectivity index (χ2v) is 9.65. The number of pyridine rings is 1. The molecule has 1 aromatic heterocycles. The van der Waals surface area contributed by atoms with Crippen LogP contribution in [-0.2, 0) is 7.05 Å². The Balaban J connectivity index is 1.82. The predicted molar refractivity (Wildman–Crippen MR) is 153 cm³/mol. The van der Waals surface area contributed by atoms with Gasteiger partial charge in [0, 0.05) is 11.6 Å². The van der Waals surface area contributed by atoms with E-state index in [0.717, 1.165) is 0 Å². The summed E-state index contributed by atoms with van der Waals surface area (Å²) in [6, 6.07) is 46.0. The van der Waals surface area contributed by atoms with Gasteiger partial charge in [-0.1, -0.05) is 72.8 Å². The van der Waals surface area contributed by atoms with Crippen molar-refractivity contribution < 1.29 is 4.57 Å². The van der Waals surface area contributed by atoms with Crippen LogP contribution in [-0.4, -0.2) is 7.05 Å². The van der Waals surface area contributed by atoms with Crippen molar-refractivity contribution in [3.63, 3.8) is 0 Å². The van der Waals surface area contributed by atoms with Crippen molar-refractivity contribution in [1.29, 1.82) is 0 Å². The van der Waals surface area contributed by atoms with Crippen LogP contribution in [0.5, 0.6) is 0 Å². The van der Waals surface area contributed by atoms with E-state index in [1.54, 1.807) is 0 Å². The maximum atomic E-state index is 2.39. The van der Waals surface area contributed by atoms with Crippen LogP contribution in [0.4, 0.5) is 17.1 Å². The molecule has 0 spiro atoms. The summed E-state index contributed by atoms with van der Waals surface area (Å²) in [6.45, 7) is 2.19. The van der Waals surface area contributed by atoms with E-state index in [1.165, 1.54) is 55.6 Å². The number of hydrogen-bond donors (Lipinski definition) is 0. The van der Waals surface area contributed by atoms with E-state index in [1.807, 2.05) is 0 Å². The monoisotopic (exact) mass is 466 g/mol. The molecule has 0 amide bonds. The van der Waals surface area contributed by atoms with Crippen LogP contribution < -0.4 is 9.05 Å². The van der Waals surface area contributed by atoms with E-state index in [2.05, 4.69) is 153 Å². The lowest BCUT2D eigenvalue weighted by Crippen LogP contribution is -2.39. The van der Waals surface area contributed by atoms with E-state index in [9.17, 15) is 0 Å². The normalized spacial score (nSPS) is 11.8. The number of nitrogens with zero attached hydrogens (tertiary/aromatic N) is 2. The van der Waals surface area contributed by atoms with Crippen molar-refractivity contribution in [2.75, 3.05) is 7.05 Å². The Morgan fingerprint density at radius 3 is 1.83 bits per heavy atom. The third-order valence-electron chi connectivity index (χ3n) is 7.56. The molecule has 5 aromatic carbocycles. The molecule has 1 heterocycles. The molecule has 174 valence electrons. The summed E-state index contributed by atoms with van der Waals surface area (Å²) in [5.74, 6) is 0. The van der Waals surface area contributed by atoms with Gasteiger partial charge in [0.15, 0.2) is 0 Å². The highest BCUT2D eigenvalue weighted by Gasteiger charge is 2.39. The van der Waals surface area contributed by atoms with Crippen LogP contribution in [0.1, 0.15) is 5.56 Å². The summed E-state index contributed by atoms with van der Waals surface area (Å²) < 4.78 is 2.95. The van der Waals surface area contributed by atoms with Gasteiger partial charge in [-0.3, -0.25) is 0 Å². The van der Waals surface area contributed by atoms with Gasteiger partial charge >= 0.3 is 0 Å². The second-order valence-electron chi connectivity index (χ2n) is 9.65. The quantitative estimate of drug-likeness (QED) is 0.139. The molecule has 0 bridgehead atoms. The summed E-state index contributed by atoms with van der Waals surface area (Å²) in [4.78, 5) is 0. The zero-order valence-electron chi connectivity index (χ0n) is 21.0. The Morgan fingerprint density at radius 2 is 1.17 bits per heavy atom. The van der Waals surface area contributed by atoms with Gasteiger partial charge in [-0.05, 0) is 66.4 Å². The lowest BCUT2D eigenvalue weighted by molar-refractivity contribution is -0.633. The molecule has 2 nitrogen and oxygen atoms in total. The van der Waals surface area contributed by atoms with Gasteiger partial charge in [0.25, 0.3) is 5.52 Å². The molecule has 0 aliphatic heterocycles. The summed E-state index contributed by atoms with van der Waals surface area (Å²) >= 11 is 0. The molecule has 0 aliphatic rings. The number of quaternary nitrogens is 1. The first-order valence-electron chi connectivity index (χ1n) is 12.5. The Labute approximate surface area is 212 Å². The zero-order valence-corrected chi connectivity index (χ0v) is 21.0. The summed E-state index contributed by atoms with van der Waals surface area (Å²) in [7, 11) is 4.54. The molecular weight excluding hydrogens is 436 g/mol. The van der Waals surface area contributed by atoms with E-state index >= 15 is 0 Å². The van der Waals surface area contributed by atoms with Gasteiger partial charge < -0.3 is 0 Å². The molecule has 0 fully saturated rings. The van der Waals surface area contributed by atoms with Crippen LogP contribution >= 0.6 is 0 Å². The second kappa shape index (κ2) is 8.75. The molecule has 2 heteroatoms. The number of aromatic nitrogens is 1. The minimum Gasteiger partial charge on any atom is -0.223 e. The van der Waals surface area contributed by atoms with Crippen LogP contribution in [0, 0.1) is 6.92 Å². The standard InChI is InChI=1S/C34H30N2/c1-25-14-10-12-20-30(25)32-23-22-27-24-26-15-11-13-21-31(26)34(33(27)35(32)2)36(3,28-16-6-4-7-17-28)29-18-8-5-9-19-29/h4-24H,1-3H3/q+2. The maximum Gasteiger partial charge on any atom is 0.275 e. The largest absolute Gasteiger partial charge is 0.275 e. The topological polar surface area (TPSA) is 3.88 Å². The van der Waals surface area contributed by atoms with Crippen LogP contribution in [0.15, 0.2) is 127 Å². The van der Waals surface area contributed by atoms with E-state index in [-0.39, 0.29) is 0 Å². The minimum absolute atomic E-state index is 0.560. The highest BCUT2D eigenvalue weighted by atomic mass is 15.4.